The van der Waals surface area contributed by atoms with Gasteiger partial charge in [0.2, 0.25) is 0 Å². The Balaban J connectivity index is 2.56. The molecule has 0 nitrogen and oxygen atoms in total. The van der Waals surface area contributed by atoms with Crippen LogP contribution in [0, 0.1) is 5.92 Å². The lowest BCUT2D eigenvalue weighted by atomic mass is 9.67. The van der Waals surface area contributed by atoms with Crippen molar-refractivity contribution in [2.24, 2.45) is 5.92 Å². The monoisotopic (exact) mass is 238 g/mol. The van der Waals surface area contributed by atoms with Gasteiger partial charge in [-0.1, -0.05) is 75.4 Å². The Labute approximate surface area is 111 Å². The maximum absolute atomic E-state index is 3.99. The Morgan fingerprint density at radius 3 is 2.61 bits per heavy atom. The third kappa shape index (κ3) is 2.08. The van der Waals surface area contributed by atoms with Gasteiger partial charge in [0.15, 0.2) is 0 Å². The van der Waals surface area contributed by atoms with Crippen LogP contribution in [-0.2, 0) is 5.41 Å². The molecule has 0 saturated carbocycles. The molecule has 0 radical (unpaired) electrons. The van der Waals surface area contributed by atoms with Crippen LogP contribution in [-0.4, -0.2) is 0 Å². The van der Waals surface area contributed by atoms with Gasteiger partial charge in [-0.2, -0.15) is 0 Å². The highest BCUT2D eigenvalue weighted by molar-refractivity contribution is 5.44. The molecular weight excluding hydrogens is 216 g/mol. The van der Waals surface area contributed by atoms with Gasteiger partial charge in [-0.15, -0.1) is 6.58 Å². The first-order valence-corrected chi connectivity index (χ1v) is 6.67. The highest BCUT2D eigenvalue weighted by atomic mass is 14.4. The number of rotatable bonds is 3. The van der Waals surface area contributed by atoms with E-state index in [0.717, 1.165) is 0 Å². The maximum atomic E-state index is 3.99. The molecule has 0 aliphatic heterocycles. The van der Waals surface area contributed by atoms with Crippen molar-refractivity contribution in [2.45, 2.75) is 32.1 Å². The molecule has 0 spiro atoms. The molecule has 0 bridgehead atoms. The summed E-state index contributed by atoms with van der Waals surface area (Å²) in [6.45, 7) is 10.8. The summed E-state index contributed by atoms with van der Waals surface area (Å²) < 4.78 is 0. The van der Waals surface area contributed by atoms with Gasteiger partial charge in [0.25, 0.3) is 0 Å². The summed E-state index contributed by atoms with van der Waals surface area (Å²) in [5.41, 5.74) is 2.88. The molecule has 2 atom stereocenters. The Kier molecular flexibility index (Phi) is 3.56. The normalized spacial score (nSPS) is 26.6. The number of hydrogen-bond donors (Lipinski definition) is 0. The van der Waals surface area contributed by atoms with Crippen LogP contribution < -0.4 is 0 Å². The third-order valence-electron chi connectivity index (χ3n) is 3.98. The molecule has 94 valence electrons. The van der Waals surface area contributed by atoms with E-state index in [-0.39, 0.29) is 5.41 Å². The molecule has 1 aromatic rings. The predicted molar refractivity (Wildman–Crippen MR) is 79.9 cm³/mol. The van der Waals surface area contributed by atoms with Crippen LogP contribution in [0.4, 0.5) is 0 Å². The van der Waals surface area contributed by atoms with Crippen molar-refractivity contribution in [1.29, 1.82) is 0 Å². The number of allylic oxidation sites excluding steroid dienone is 5. The first-order valence-electron chi connectivity index (χ1n) is 6.67. The molecule has 0 aromatic heterocycles. The number of hydrogen-bond acceptors (Lipinski definition) is 0. The first-order chi connectivity index (χ1) is 8.59. The van der Waals surface area contributed by atoms with E-state index in [1.165, 1.54) is 11.1 Å². The highest BCUT2D eigenvalue weighted by Crippen LogP contribution is 2.40. The van der Waals surface area contributed by atoms with Crippen LogP contribution in [0.2, 0.25) is 0 Å². The number of benzene rings is 1. The second-order valence-corrected chi connectivity index (χ2v) is 5.53. The van der Waals surface area contributed by atoms with Gasteiger partial charge in [0.1, 0.15) is 0 Å². The Morgan fingerprint density at radius 1 is 1.22 bits per heavy atom. The molecule has 2 rings (SSSR count). The average molecular weight is 238 g/mol. The topological polar surface area (TPSA) is 0 Å². The minimum absolute atomic E-state index is 0.0252. The fourth-order valence-corrected chi connectivity index (χ4v) is 2.83. The van der Waals surface area contributed by atoms with Crippen molar-refractivity contribution >= 4 is 0 Å². The van der Waals surface area contributed by atoms with E-state index in [0.29, 0.717) is 11.8 Å². The summed E-state index contributed by atoms with van der Waals surface area (Å²) in [5.74, 6) is 0.908. The largest absolute Gasteiger partial charge is 0.102 e. The summed E-state index contributed by atoms with van der Waals surface area (Å²) in [5, 5.41) is 0. The molecule has 0 amide bonds. The van der Waals surface area contributed by atoms with Gasteiger partial charge in [0.05, 0.1) is 0 Å². The Hall–Kier alpha value is -1.56. The fourth-order valence-electron chi connectivity index (χ4n) is 2.83. The van der Waals surface area contributed by atoms with Gasteiger partial charge in [0, 0.05) is 11.3 Å². The lowest BCUT2D eigenvalue weighted by Gasteiger charge is -2.36. The molecule has 0 saturated heterocycles. The molecule has 0 fully saturated rings. The zero-order chi connectivity index (χ0) is 13.2. The lowest BCUT2D eigenvalue weighted by molar-refractivity contribution is 0.492. The molecule has 0 heterocycles. The second kappa shape index (κ2) is 4.97. The Morgan fingerprint density at radius 2 is 1.94 bits per heavy atom. The molecule has 1 aliphatic carbocycles. The van der Waals surface area contributed by atoms with E-state index >= 15 is 0 Å². The lowest BCUT2D eigenvalue weighted by Crippen LogP contribution is -2.30. The third-order valence-corrected chi connectivity index (χ3v) is 3.98. The van der Waals surface area contributed by atoms with Crippen LogP contribution in [0.5, 0.6) is 0 Å². The van der Waals surface area contributed by atoms with Crippen LogP contribution in [0.1, 0.15) is 37.8 Å². The van der Waals surface area contributed by atoms with Gasteiger partial charge in [-0.05, 0) is 17.0 Å². The SMILES string of the molecule is C=CC1C=CC=CC1(C)c1ccccc1C(C)C. The molecule has 0 heteroatoms. The van der Waals surface area contributed by atoms with Crippen molar-refractivity contribution in [1.82, 2.24) is 0 Å². The molecule has 18 heavy (non-hydrogen) atoms. The highest BCUT2D eigenvalue weighted by Gasteiger charge is 2.33. The molecule has 2 unspecified atom stereocenters. The first kappa shape index (κ1) is 12.9. The summed E-state index contributed by atoms with van der Waals surface area (Å²) in [6, 6.07) is 8.78. The average Bonchev–Trinajstić information content (AvgIpc) is 2.39. The summed E-state index contributed by atoms with van der Waals surface area (Å²) in [6.07, 6.45) is 10.9. The zero-order valence-electron chi connectivity index (χ0n) is 11.6. The summed E-state index contributed by atoms with van der Waals surface area (Å²) in [7, 11) is 0. The summed E-state index contributed by atoms with van der Waals surface area (Å²) >= 11 is 0. The Bertz CT molecular complexity index is 491. The van der Waals surface area contributed by atoms with Gasteiger partial charge in [-0.3, -0.25) is 0 Å². The van der Waals surface area contributed by atoms with E-state index in [1.54, 1.807) is 0 Å². The molecule has 1 aliphatic rings. The minimum atomic E-state index is 0.0252. The van der Waals surface area contributed by atoms with Gasteiger partial charge in [-0.25, -0.2) is 0 Å². The van der Waals surface area contributed by atoms with Crippen molar-refractivity contribution in [3.8, 4) is 0 Å². The standard InChI is InChI=1S/C18H22/c1-5-15-10-8-9-13-18(15,4)17-12-7-6-11-16(17)14(2)3/h5-15H,1H2,2-4H3. The maximum Gasteiger partial charge on any atom is 0.0207 e. The zero-order valence-corrected chi connectivity index (χ0v) is 11.6. The fraction of sp³-hybridized carbons (Fsp3) is 0.333. The van der Waals surface area contributed by atoms with Crippen LogP contribution >= 0.6 is 0 Å². The van der Waals surface area contributed by atoms with Crippen molar-refractivity contribution < 1.29 is 0 Å². The quantitative estimate of drug-likeness (QED) is 0.650. The smallest absolute Gasteiger partial charge is 0.0207 e. The molecular formula is C18H22. The van der Waals surface area contributed by atoms with Crippen molar-refractivity contribution in [3.63, 3.8) is 0 Å². The van der Waals surface area contributed by atoms with Gasteiger partial charge < -0.3 is 0 Å². The van der Waals surface area contributed by atoms with Crippen LogP contribution in [0.25, 0.3) is 0 Å². The molecule has 1 aromatic carbocycles. The van der Waals surface area contributed by atoms with E-state index in [4.69, 9.17) is 0 Å². The van der Waals surface area contributed by atoms with E-state index in [1.807, 2.05) is 0 Å². The van der Waals surface area contributed by atoms with E-state index in [9.17, 15) is 0 Å². The van der Waals surface area contributed by atoms with Crippen LogP contribution in [0.3, 0.4) is 0 Å². The predicted octanol–water partition coefficient (Wildman–Crippen LogP) is 5.00. The van der Waals surface area contributed by atoms with Crippen LogP contribution in [0.15, 0.2) is 61.2 Å². The molecule has 0 N–H and O–H groups in total. The minimum Gasteiger partial charge on any atom is -0.102 e. The van der Waals surface area contributed by atoms with Crippen molar-refractivity contribution in [2.75, 3.05) is 0 Å². The van der Waals surface area contributed by atoms with E-state index in [2.05, 4.69) is 82.0 Å². The van der Waals surface area contributed by atoms with Gasteiger partial charge >= 0.3 is 0 Å². The van der Waals surface area contributed by atoms with Crippen molar-refractivity contribution in [3.05, 3.63) is 72.4 Å². The van der Waals surface area contributed by atoms with E-state index < -0.39 is 0 Å². The summed E-state index contributed by atoms with van der Waals surface area (Å²) in [4.78, 5) is 0. The second-order valence-electron chi connectivity index (χ2n) is 5.53.